The molecule has 0 unspecified atom stereocenters. The van der Waals surface area contributed by atoms with Crippen molar-refractivity contribution in [3.63, 3.8) is 0 Å². The second kappa shape index (κ2) is 6.23. The van der Waals surface area contributed by atoms with E-state index in [0.717, 1.165) is 36.8 Å². The van der Waals surface area contributed by atoms with Crippen molar-refractivity contribution in [2.24, 2.45) is 0 Å². The lowest BCUT2D eigenvalue weighted by molar-refractivity contribution is 0.0611. The molecule has 0 atom stereocenters. The van der Waals surface area contributed by atoms with Crippen molar-refractivity contribution in [2.45, 2.75) is 20.4 Å². The highest BCUT2D eigenvalue weighted by atomic mass is 16.5. The van der Waals surface area contributed by atoms with Gasteiger partial charge < -0.3 is 9.42 Å². The molecule has 1 aliphatic heterocycles. The van der Waals surface area contributed by atoms with Gasteiger partial charge in [-0.15, -0.1) is 0 Å². The standard InChI is InChI=1S/C15H19N5O2/c1-11-7-13(22-18-11)10-19-3-5-20(6-4-19)15(21)14-9-16-12(2)8-17-14/h7-9H,3-6,10H2,1-2H3. The maximum Gasteiger partial charge on any atom is 0.274 e. The molecule has 7 nitrogen and oxygen atoms in total. The Morgan fingerprint density at radius 3 is 2.50 bits per heavy atom. The average molecular weight is 301 g/mol. The van der Waals surface area contributed by atoms with Gasteiger partial charge in [0.2, 0.25) is 0 Å². The molecule has 0 radical (unpaired) electrons. The number of piperazine rings is 1. The maximum atomic E-state index is 12.4. The Bertz CT molecular complexity index is 644. The van der Waals surface area contributed by atoms with Crippen LogP contribution in [0.4, 0.5) is 0 Å². The maximum absolute atomic E-state index is 12.4. The Morgan fingerprint density at radius 2 is 1.91 bits per heavy atom. The minimum atomic E-state index is -0.0531. The number of aryl methyl sites for hydroxylation is 2. The van der Waals surface area contributed by atoms with Gasteiger partial charge in [-0.25, -0.2) is 4.98 Å². The first-order chi connectivity index (χ1) is 10.6. The number of amides is 1. The van der Waals surface area contributed by atoms with Crippen LogP contribution in [-0.2, 0) is 6.54 Å². The third-order valence-corrected chi connectivity index (χ3v) is 3.72. The van der Waals surface area contributed by atoms with E-state index < -0.39 is 0 Å². The summed E-state index contributed by atoms with van der Waals surface area (Å²) >= 11 is 0. The van der Waals surface area contributed by atoms with Gasteiger partial charge in [0.1, 0.15) is 5.69 Å². The molecule has 3 rings (SSSR count). The zero-order chi connectivity index (χ0) is 15.5. The molecule has 0 saturated carbocycles. The zero-order valence-corrected chi connectivity index (χ0v) is 12.8. The molecule has 3 heterocycles. The normalized spacial score (nSPS) is 16.0. The van der Waals surface area contributed by atoms with Crippen LogP contribution in [0.5, 0.6) is 0 Å². The van der Waals surface area contributed by atoms with Crippen molar-refractivity contribution >= 4 is 5.91 Å². The summed E-state index contributed by atoms with van der Waals surface area (Å²) in [7, 11) is 0. The molecule has 116 valence electrons. The monoisotopic (exact) mass is 301 g/mol. The molecular formula is C15H19N5O2. The van der Waals surface area contributed by atoms with E-state index in [1.54, 1.807) is 12.4 Å². The van der Waals surface area contributed by atoms with Crippen LogP contribution in [0.3, 0.4) is 0 Å². The van der Waals surface area contributed by atoms with Gasteiger partial charge in [-0.2, -0.15) is 0 Å². The molecule has 0 aromatic carbocycles. The summed E-state index contributed by atoms with van der Waals surface area (Å²) in [6, 6.07) is 1.94. The number of rotatable bonds is 3. The summed E-state index contributed by atoms with van der Waals surface area (Å²) in [6.45, 7) is 7.48. The van der Waals surface area contributed by atoms with Gasteiger partial charge in [0.25, 0.3) is 5.91 Å². The minimum Gasteiger partial charge on any atom is -0.360 e. The zero-order valence-electron chi connectivity index (χ0n) is 12.8. The Morgan fingerprint density at radius 1 is 1.14 bits per heavy atom. The fourth-order valence-corrected chi connectivity index (χ4v) is 2.49. The van der Waals surface area contributed by atoms with Crippen LogP contribution in [0.2, 0.25) is 0 Å². The van der Waals surface area contributed by atoms with Crippen LogP contribution in [0.15, 0.2) is 23.0 Å². The SMILES string of the molecule is Cc1cnc(C(=O)N2CCN(Cc3cc(C)no3)CC2)cn1. The minimum absolute atomic E-state index is 0.0531. The molecule has 1 amide bonds. The van der Waals surface area contributed by atoms with Crippen molar-refractivity contribution in [3.05, 3.63) is 41.3 Å². The number of aromatic nitrogens is 3. The first-order valence-electron chi connectivity index (χ1n) is 7.34. The lowest BCUT2D eigenvalue weighted by atomic mass is 10.2. The van der Waals surface area contributed by atoms with Gasteiger partial charge in [0.05, 0.1) is 24.1 Å². The van der Waals surface area contributed by atoms with E-state index in [1.165, 1.54) is 0 Å². The lowest BCUT2D eigenvalue weighted by Crippen LogP contribution is -2.48. The Kier molecular flexibility index (Phi) is 4.15. The van der Waals surface area contributed by atoms with Gasteiger partial charge in [-0.1, -0.05) is 5.16 Å². The van der Waals surface area contributed by atoms with Gasteiger partial charge in [-0.3, -0.25) is 14.7 Å². The molecule has 0 bridgehead atoms. The van der Waals surface area contributed by atoms with E-state index in [-0.39, 0.29) is 5.91 Å². The number of carbonyl (C=O) groups excluding carboxylic acids is 1. The van der Waals surface area contributed by atoms with Gasteiger partial charge in [-0.05, 0) is 13.8 Å². The Labute approximate surface area is 128 Å². The molecule has 0 N–H and O–H groups in total. The topological polar surface area (TPSA) is 75.4 Å². The van der Waals surface area contributed by atoms with Crippen molar-refractivity contribution in [2.75, 3.05) is 26.2 Å². The molecule has 2 aromatic heterocycles. The van der Waals surface area contributed by atoms with Crippen molar-refractivity contribution in [3.8, 4) is 0 Å². The summed E-state index contributed by atoms with van der Waals surface area (Å²) in [5.74, 6) is 0.810. The van der Waals surface area contributed by atoms with Crippen molar-refractivity contribution in [1.82, 2.24) is 24.9 Å². The van der Waals surface area contributed by atoms with Gasteiger partial charge in [0.15, 0.2) is 5.76 Å². The van der Waals surface area contributed by atoms with E-state index in [0.29, 0.717) is 18.8 Å². The van der Waals surface area contributed by atoms with E-state index in [9.17, 15) is 4.79 Å². The van der Waals surface area contributed by atoms with Crippen LogP contribution in [-0.4, -0.2) is 57.0 Å². The predicted octanol–water partition coefficient (Wildman–Crippen LogP) is 1.04. The molecule has 0 spiro atoms. The van der Waals surface area contributed by atoms with Gasteiger partial charge >= 0.3 is 0 Å². The van der Waals surface area contributed by atoms with E-state index in [1.807, 2.05) is 24.8 Å². The fourth-order valence-electron chi connectivity index (χ4n) is 2.49. The summed E-state index contributed by atoms with van der Waals surface area (Å²) in [4.78, 5) is 24.7. The first-order valence-corrected chi connectivity index (χ1v) is 7.34. The summed E-state index contributed by atoms with van der Waals surface area (Å²) in [5.41, 5.74) is 2.11. The number of hydrogen-bond donors (Lipinski definition) is 0. The summed E-state index contributed by atoms with van der Waals surface area (Å²) in [5, 5.41) is 3.89. The Hall–Kier alpha value is -2.28. The van der Waals surface area contributed by atoms with Crippen LogP contribution >= 0.6 is 0 Å². The number of nitrogens with zero attached hydrogens (tertiary/aromatic N) is 5. The highest BCUT2D eigenvalue weighted by Gasteiger charge is 2.23. The quantitative estimate of drug-likeness (QED) is 0.843. The van der Waals surface area contributed by atoms with Crippen molar-refractivity contribution < 1.29 is 9.32 Å². The molecular weight excluding hydrogens is 282 g/mol. The molecule has 2 aromatic rings. The van der Waals surface area contributed by atoms with Gasteiger partial charge in [0, 0.05) is 38.4 Å². The molecule has 7 heteroatoms. The average Bonchev–Trinajstić information content (AvgIpc) is 2.93. The van der Waals surface area contributed by atoms with Crippen LogP contribution in [0, 0.1) is 13.8 Å². The second-order valence-corrected chi connectivity index (χ2v) is 5.55. The van der Waals surface area contributed by atoms with Crippen LogP contribution < -0.4 is 0 Å². The molecule has 0 aliphatic carbocycles. The smallest absolute Gasteiger partial charge is 0.274 e. The Balaban J connectivity index is 1.55. The number of hydrogen-bond acceptors (Lipinski definition) is 6. The van der Waals surface area contributed by atoms with E-state index in [2.05, 4.69) is 20.0 Å². The molecule has 1 fully saturated rings. The second-order valence-electron chi connectivity index (χ2n) is 5.55. The molecule has 22 heavy (non-hydrogen) atoms. The highest BCUT2D eigenvalue weighted by molar-refractivity contribution is 5.92. The van der Waals surface area contributed by atoms with Crippen molar-refractivity contribution in [1.29, 1.82) is 0 Å². The van der Waals surface area contributed by atoms with Crippen LogP contribution in [0.25, 0.3) is 0 Å². The molecule has 1 aliphatic rings. The highest BCUT2D eigenvalue weighted by Crippen LogP contribution is 2.11. The lowest BCUT2D eigenvalue weighted by Gasteiger charge is -2.33. The molecule has 1 saturated heterocycles. The first kappa shape index (κ1) is 14.6. The predicted molar refractivity (Wildman–Crippen MR) is 79.2 cm³/mol. The summed E-state index contributed by atoms with van der Waals surface area (Å²) < 4.78 is 5.23. The largest absolute Gasteiger partial charge is 0.360 e. The third-order valence-electron chi connectivity index (χ3n) is 3.72. The van der Waals surface area contributed by atoms with E-state index >= 15 is 0 Å². The van der Waals surface area contributed by atoms with Crippen LogP contribution in [0.1, 0.15) is 27.6 Å². The third kappa shape index (κ3) is 3.30. The summed E-state index contributed by atoms with van der Waals surface area (Å²) in [6.07, 6.45) is 3.16. The fraction of sp³-hybridized carbons (Fsp3) is 0.467. The number of carbonyl (C=O) groups is 1. The van der Waals surface area contributed by atoms with E-state index in [4.69, 9.17) is 4.52 Å².